The molecule has 33 heavy (non-hydrogen) atoms. The number of hydrogen-bond acceptors (Lipinski definition) is 5. The Kier molecular flexibility index (Phi) is 9.82. The van der Waals surface area contributed by atoms with Crippen LogP contribution in [-0.4, -0.2) is 22.1 Å². The molecular weight excluding hydrogens is 463 g/mol. The molecule has 0 aliphatic heterocycles. The second kappa shape index (κ2) is 12.1. The minimum absolute atomic E-state index is 0.115. The van der Waals surface area contributed by atoms with E-state index < -0.39 is 23.3 Å². The van der Waals surface area contributed by atoms with E-state index in [-0.39, 0.29) is 32.3 Å². The number of aromatic hydroxyl groups is 1. The lowest BCUT2D eigenvalue weighted by molar-refractivity contribution is 0.103. The third kappa shape index (κ3) is 5.90. The van der Waals surface area contributed by atoms with Crippen LogP contribution < -0.4 is 10.3 Å². The highest BCUT2D eigenvalue weighted by atomic mass is 35.5. The highest BCUT2D eigenvalue weighted by Crippen LogP contribution is 2.36. The first-order chi connectivity index (χ1) is 15.7. The van der Waals surface area contributed by atoms with Gasteiger partial charge in [0.15, 0.2) is 11.5 Å². The number of pyridine rings is 1. The van der Waals surface area contributed by atoms with Gasteiger partial charge in [0.2, 0.25) is 5.88 Å². The molecule has 1 atom stereocenters. The maximum atomic E-state index is 13.4. The summed E-state index contributed by atoms with van der Waals surface area (Å²) < 4.78 is 6.82. The van der Waals surface area contributed by atoms with Crippen molar-refractivity contribution in [1.82, 2.24) is 4.57 Å². The van der Waals surface area contributed by atoms with Crippen LogP contribution in [0.25, 0.3) is 0 Å². The van der Waals surface area contributed by atoms with Gasteiger partial charge in [0.05, 0.1) is 22.2 Å². The minimum Gasteiger partial charge on any atom is -0.494 e. The van der Waals surface area contributed by atoms with Crippen molar-refractivity contribution in [1.29, 1.82) is 5.26 Å². The molecule has 178 valence electrons. The average molecular weight is 493 g/mol. The number of rotatable bonds is 11. The van der Waals surface area contributed by atoms with E-state index in [9.17, 15) is 20.0 Å². The fraction of sp³-hybridized carbons (Fsp3) is 0.480. The van der Waals surface area contributed by atoms with Gasteiger partial charge in [-0.3, -0.25) is 14.2 Å². The molecule has 8 heteroatoms. The molecule has 0 fully saturated rings. The van der Waals surface area contributed by atoms with Crippen LogP contribution in [0.4, 0.5) is 0 Å². The molecular formula is C25H30Cl2N2O4. The van der Waals surface area contributed by atoms with Gasteiger partial charge in [-0.1, -0.05) is 62.7 Å². The summed E-state index contributed by atoms with van der Waals surface area (Å²) in [6, 6.07) is 4.30. The number of ketones is 1. The third-order valence-electron chi connectivity index (χ3n) is 5.76. The first-order valence-electron chi connectivity index (χ1n) is 11.2. The maximum Gasteiger partial charge on any atom is 0.271 e. The first kappa shape index (κ1) is 26.8. The zero-order valence-electron chi connectivity index (χ0n) is 19.5. The van der Waals surface area contributed by atoms with Gasteiger partial charge in [-0.25, -0.2) is 0 Å². The number of unbranched alkanes of at least 4 members (excludes halogenated alkanes) is 4. The number of aromatic nitrogens is 1. The summed E-state index contributed by atoms with van der Waals surface area (Å²) in [5.74, 6) is -0.766. The predicted molar refractivity (Wildman–Crippen MR) is 131 cm³/mol. The number of nitrogens with zero attached hydrogens (tertiary/aromatic N) is 2. The van der Waals surface area contributed by atoms with Crippen molar-refractivity contribution >= 4 is 29.0 Å². The molecule has 0 spiro atoms. The number of nitriles is 1. The Morgan fingerprint density at radius 2 is 1.79 bits per heavy atom. The molecule has 1 heterocycles. The molecule has 0 aliphatic rings. The maximum absolute atomic E-state index is 13.4. The molecule has 0 radical (unpaired) electrons. The van der Waals surface area contributed by atoms with Crippen molar-refractivity contribution in [2.45, 2.75) is 72.3 Å². The van der Waals surface area contributed by atoms with Gasteiger partial charge in [-0.05, 0) is 44.4 Å². The molecule has 2 aromatic rings. The summed E-state index contributed by atoms with van der Waals surface area (Å²) in [5, 5.41) is 20.7. The zero-order valence-corrected chi connectivity index (χ0v) is 21.0. The smallest absolute Gasteiger partial charge is 0.271 e. The lowest BCUT2D eigenvalue weighted by Gasteiger charge is -2.20. The number of hydrogen-bond donors (Lipinski definition) is 1. The Balaban J connectivity index is 2.42. The number of benzene rings is 1. The van der Waals surface area contributed by atoms with Gasteiger partial charge in [0.1, 0.15) is 11.6 Å². The van der Waals surface area contributed by atoms with Crippen LogP contribution in [0.15, 0.2) is 16.9 Å². The number of carbonyl (C=O) groups is 1. The Morgan fingerprint density at radius 1 is 1.18 bits per heavy atom. The van der Waals surface area contributed by atoms with Crippen LogP contribution in [0.3, 0.4) is 0 Å². The summed E-state index contributed by atoms with van der Waals surface area (Å²) in [4.78, 5) is 26.1. The van der Waals surface area contributed by atoms with Crippen molar-refractivity contribution in [2.24, 2.45) is 0 Å². The van der Waals surface area contributed by atoms with Crippen LogP contribution in [-0.2, 0) is 0 Å². The molecule has 0 amide bonds. The molecule has 1 aromatic heterocycles. The number of halogens is 2. The standard InChI is InChI=1S/C25H30Cl2N2O4/c1-5-7-8-9-10-11-33-23-19(26)12-17(13-20(23)27)22(30)21-16(4)18(14-28)24(31)29(25(21)32)15(3)6-2/h12-13,15,32H,5-11H2,1-4H3. The van der Waals surface area contributed by atoms with E-state index in [1.807, 2.05) is 13.0 Å². The molecule has 2 rings (SSSR count). The van der Waals surface area contributed by atoms with E-state index in [1.165, 1.54) is 25.5 Å². The quantitative estimate of drug-likeness (QED) is 0.282. The van der Waals surface area contributed by atoms with Crippen LogP contribution in [0.1, 0.15) is 92.4 Å². The van der Waals surface area contributed by atoms with Crippen molar-refractivity contribution in [2.75, 3.05) is 6.61 Å². The van der Waals surface area contributed by atoms with E-state index in [0.29, 0.717) is 18.8 Å². The number of ether oxygens (including phenoxy) is 1. The minimum atomic E-state index is -0.628. The van der Waals surface area contributed by atoms with Gasteiger partial charge in [-0.15, -0.1) is 0 Å². The molecule has 0 saturated carbocycles. The summed E-state index contributed by atoms with van der Waals surface area (Å²) in [5.41, 5.74) is -0.696. The summed E-state index contributed by atoms with van der Waals surface area (Å²) >= 11 is 12.7. The predicted octanol–water partition coefficient (Wildman–Crippen LogP) is 6.59. The van der Waals surface area contributed by atoms with Gasteiger partial charge < -0.3 is 9.84 Å². The van der Waals surface area contributed by atoms with Crippen LogP contribution in [0.2, 0.25) is 10.0 Å². The van der Waals surface area contributed by atoms with E-state index in [2.05, 4.69) is 6.92 Å². The van der Waals surface area contributed by atoms with Gasteiger partial charge >= 0.3 is 0 Å². The normalized spacial score (nSPS) is 11.8. The van der Waals surface area contributed by atoms with Crippen LogP contribution in [0.5, 0.6) is 11.6 Å². The highest BCUT2D eigenvalue weighted by molar-refractivity contribution is 6.38. The lowest BCUT2D eigenvalue weighted by atomic mass is 9.96. The Hall–Kier alpha value is -2.49. The summed E-state index contributed by atoms with van der Waals surface area (Å²) in [6.07, 6.45) is 5.92. The van der Waals surface area contributed by atoms with Crippen molar-refractivity contribution in [3.8, 4) is 17.7 Å². The zero-order chi connectivity index (χ0) is 24.7. The van der Waals surface area contributed by atoms with Gasteiger partial charge in [0, 0.05) is 11.6 Å². The molecule has 1 N–H and O–H groups in total. The monoisotopic (exact) mass is 492 g/mol. The van der Waals surface area contributed by atoms with Gasteiger partial charge in [-0.2, -0.15) is 5.26 Å². The average Bonchev–Trinajstić information content (AvgIpc) is 2.77. The van der Waals surface area contributed by atoms with Gasteiger partial charge in [0.25, 0.3) is 5.56 Å². The Bertz CT molecular complexity index is 1100. The van der Waals surface area contributed by atoms with E-state index in [1.54, 1.807) is 6.92 Å². The molecule has 1 aromatic carbocycles. The Morgan fingerprint density at radius 3 is 2.33 bits per heavy atom. The lowest BCUT2D eigenvalue weighted by Crippen LogP contribution is -2.28. The molecule has 0 aliphatic carbocycles. The van der Waals surface area contributed by atoms with E-state index in [4.69, 9.17) is 27.9 Å². The van der Waals surface area contributed by atoms with E-state index in [0.717, 1.165) is 30.3 Å². The number of carbonyl (C=O) groups excluding carboxylic acids is 1. The Labute approximate surface area is 204 Å². The van der Waals surface area contributed by atoms with Crippen molar-refractivity contribution in [3.63, 3.8) is 0 Å². The third-order valence-corrected chi connectivity index (χ3v) is 6.32. The molecule has 0 saturated heterocycles. The fourth-order valence-electron chi connectivity index (χ4n) is 3.64. The second-order valence-corrected chi connectivity index (χ2v) is 8.92. The van der Waals surface area contributed by atoms with Crippen molar-refractivity contribution < 1.29 is 14.6 Å². The topological polar surface area (TPSA) is 92.3 Å². The first-order valence-corrected chi connectivity index (χ1v) is 12.0. The molecule has 6 nitrogen and oxygen atoms in total. The molecule has 0 bridgehead atoms. The second-order valence-electron chi connectivity index (χ2n) is 8.10. The molecule has 1 unspecified atom stereocenters. The van der Waals surface area contributed by atoms with Crippen LogP contribution >= 0.6 is 23.2 Å². The summed E-state index contributed by atoms with van der Waals surface area (Å²) in [7, 11) is 0. The largest absolute Gasteiger partial charge is 0.494 e. The highest BCUT2D eigenvalue weighted by Gasteiger charge is 2.27. The fourth-order valence-corrected chi connectivity index (χ4v) is 4.23. The van der Waals surface area contributed by atoms with Crippen molar-refractivity contribution in [3.05, 3.63) is 54.8 Å². The van der Waals surface area contributed by atoms with Crippen LogP contribution in [0, 0.1) is 18.3 Å². The summed E-state index contributed by atoms with van der Waals surface area (Å²) in [6.45, 7) is 7.65. The van der Waals surface area contributed by atoms with E-state index >= 15 is 0 Å². The SMILES string of the molecule is CCCCCCCOc1c(Cl)cc(C(=O)c2c(C)c(C#N)c(=O)n(C(C)CC)c2O)cc1Cl.